The molecule has 1 aromatic heterocycles. The summed E-state index contributed by atoms with van der Waals surface area (Å²) in [5.74, 6) is -1.63. The Morgan fingerprint density at radius 2 is 1.62 bits per heavy atom. The van der Waals surface area contributed by atoms with Crippen LogP contribution in [0.3, 0.4) is 0 Å². The van der Waals surface area contributed by atoms with Crippen LogP contribution in [0.15, 0.2) is 95.5 Å². The number of benzene rings is 3. The summed E-state index contributed by atoms with van der Waals surface area (Å²) in [5, 5.41) is 14.7. The Hall–Kier alpha value is -5.21. The number of aromatic nitrogens is 2. The van der Waals surface area contributed by atoms with E-state index in [2.05, 4.69) is 10.6 Å². The van der Waals surface area contributed by atoms with Gasteiger partial charge in [-0.3, -0.25) is 19.1 Å². The summed E-state index contributed by atoms with van der Waals surface area (Å²) in [7, 11) is 1.83. The molecule has 13 nitrogen and oxygen atoms in total. The van der Waals surface area contributed by atoms with Gasteiger partial charge in [-0.1, -0.05) is 42.5 Å². The van der Waals surface area contributed by atoms with Gasteiger partial charge in [0.2, 0.25) is 6.29 Å². The second kappa shape index (κ2) is 18.3. The number of aliphatic hydroxyl groups excluding tert-OH is 1. The number of hydrogen-bond donors (Lipinski definition) is 4. The predicted octanol–water partition coefficient (Wildman–Crippen LogP) is 4.03. The van der Waals surface area contributed by atoms with E-state index in [-0.39, 0.29) is 42.9 Å². The number of nitrogens with one attached hydrogen (secondary N) is 2. The van der Waals surface area contributed by atoms with Crippen molar-refractivity contribution in [1.29, 1.82) is 0 Å². The maximum absolute atomic E-state index is 14.2. The fourth-order valence-electron chi connectivity index (χ4n) is 6.20. The van der Waals surface area contributed by atoms with Crippen LogP contribution in [-0.2, 0) is 37.3 Å². The minimum Gasteiger partial charge on any atom is -0.459 e. The molecule has 0 saturated heterocycles. The van der Waals surface area contributed by atoms with Crippen LogP contribution in [-0.4, -0.2) is 72.2 Å². The average Bonchev–Trinajstić information content (AvgIpc) is 3.38. The third-order valence-corrected chi connectivity index (χ3v) is 8.95. The zero-order valence-corrected chi connectivity index (χ0v) is 29.7. The van der Waals surface area contributed by atoms with Crippen LogP contribution in [0.5, 0.6) is 0 Å². The van der Waals surface area contributed by atoms with Gasteiger partial charge >= 0.3 is 0 Å². The Bertz CT molecular complexity index is 1890. The van der Waals surface area contributed by atoms with E-state index in [0.29, 0.717) is 55.4 Å². The van der Waals surface area contributed by atoms with E-state index in [1.54, 1.807) is 59.3 Å². The number of nitrogens with zero attached hydrogens (tertiary/aromatic N) is 2. The van der Waals surface area contributed by atoms with Crippen molar-refractivity contribution in [3.63, 3.8) is 0 Å². The lowest BCUT2D eigenvalue weighted by Crippen LogP contribution is -2.40. The Kier molecular flexibility index (Phi) is 13.4. The number of carbonyl (C=O) groups is 2. The maximum Gasteiger partial charge on any atom is 0.286 e. The van der Waals surface area contributed by atoms with Crippen molar-refractivity contribution in [2.45, 2.75) is 39.0 Å². The van der Waals surface area contributed by atoms with E-state index in [0.717, 1.165) is 16.9 Å². The molecule has 1 aliphatic rings. The smallest absolute Gasteiger partial charge is 0.286 e. The van der Waals surface area contributed by atoms with E-state index in [9.17, 15) is 14.4 Å². The lowest BCUT2D eigenvalue weighted by atomic mass is 9.81. The fourth-order valence-corrected chi connectivity index (χ4v) is 6.20. The molecule has 5 N–H and O–H groups in total. The normalized spacial score (nSPS) is 16.9. The number of nitrogen functional groups attached to an aromatic ring is 1. The van der Waals surface area contributed by atoms with Gasteiger partial charge in [-0.25, -0.2) is 4.68 Å². The van der Waals surface area contributed by atoms with Gasteiger partial charge in [-0.15, -0.1) is 0 Å². The van der Waals surface area contributed by atoms with Crippen molar-refractivity contribution in [3.05, 3.63) is 123 Å². The van der Waals surface area contributed by atoms with Crippen molar-refractivity contribution in [2.75, 3.05) is 50.7 Å². The van der Waals surface area contributed by atoms with Gasteiger partial charge in [0, 0.05) is 55.5 Å². The molecule has 5 rings (SSSR count). The molecular formula is C39H47N5O8. The van der Waals surface area contributed by atoms with E-state index in [1.807, 2.05) is 55.9 Å². The molecule has 0 saturated carbocycles. The van der Waals surface area contributed by atoms with Crippen molar-refractivity contribution in [1.82, 2.24) is 14.7 Å². The zero-order valence-electron chi connectivity index (χ0n) is 29.7. The molecule has 0 unspecified atom stereocenters. The van der Waals surface area contributed by atoms with Crippen molar-refractivity contribution >= 4 is 23.2 Å². The van der Waals surface area contributed by atoms with Crippen LogP contribution < -0.4 is 21.9 Å². The molecule has 2 amide bonds. The number of anilines is 2. The summed E-state index contributed by atoms with van der Waals surface area (Å²) >= 11 is 0. The summed E-state index contributed by atoms with van der Waals surface area (Å²) in [5.41, 5.74) is 9.94. The fraction of sp³-hybridized carbons (Fsp3) is 0.359. The largest absolute Gasteiger partial charge is 0.459 e. The van der Waals surface area contributed by atoms with Crippen LogP contribution in [0, 0.1) is 12.8 Å². The molecule has 2 heterocycles. The first kappa shape index (κ1) is 38.0. The minimum atomic E-state index is -0.837. The SMILES string of the molecule is CCO[C@H]1OC(C(=O)NCc2ccc(C(=O)Nc3ccccc3N)cc2)=C[C@@H](c2c(C)n(C)n(-c3ccccc3)c2=O)[C@H]1CCOCCOCCO. The molecule has 13 heteroatoms. The second-order valence-electron chi connectivity index (χ2n) is 12.3. The maximum atomic E-state index is 14.2. The zero-order chi connectivity index (χ0) is 37.0. The molecule has 4 aromatic rings. The summed E-state index contributed by atoms with van der Waals surface area (Å²) < 4.78 is 26.9. The van der Waals surface area contributed by atoms with E-state index in [4.69, 9.17) is 29.8 Å². The van der Waals surface area contributed by atoms with Gasteiger partial charge in [0.05, 0.1) is 43.5 Å². The summed E-state index contributed by atoms with van der Waals surface area (Å²) in [6.45, 7) is 5.39. The molecule has 0 spiro atoms. The number of hydrogen-bond acceptors (Lipinski definition) is 9. The van der Waals surface area contributed by atoms with Crippen molar-refractivity contribution in [3.8, 4) is 5.69 Å². The summed E-state index contributed by atoms with van der Waals surface area (Å²) in [4.78, 5) is 40.7. The molecule has 3 aromatic carbocycles. The van der Waals surface area contributed by atoms with E-state index in [1.165, 1.54) is 0 Å². The summed E-state index contributed by atoms with van der Waals surface area (Å²) in [6, 6.07) is 23.3. The number of rotatable bonds is 17. The Labute approximate surface area is 302 Å². The molecule has 0 aliphatic carbocycles. The number of amides is 2. The Balaban J connectivity index is 1.37. The molecule has 276 valence electrons. The van der Waals surface area contributed by atoms with E-state index < -0.39 is 18.1 Å². The van der Waals surface area contributed by atoms with Gasteiger partial charge in [-0.2, -0.15) is 0 Å². The molecule has 0 radical (unpaired) electrons. The average molecular weight is 714 g/mol. The number of nitrogens with two attached hydrogens (primary N) is 1. The molecule has 1 aliphatic heterocycles. The van der Waals surface area contributed by atoms with Crippen LogP contribution in [0.4, 0.5) is 11.4 Å². The van der Waals surface area contributed by atoms with Crippen LogP contribution in [0.1, 0.15) is 46.4 Å². The van der Waals surface area contributed by atoms with Gasteiger partial charge in [0.25, 0.3) is 17.4 Å². The first-order chi connectivity index (χ1) is 25.2. The van der Waals surface area contributed by atoms with E-state index >= 15 is 0 Å². The topological polar surface area (TPSA) is 168 Å². The number of carbonyl (C=O) groups excluding carboxylic acids is 2. The van der Waals surface area contributed by atoms with Gasteiger partial charge < -0.3 is 40.4 Å². The number of allylic oxidation sites excluding steroid dienone is 1. The number of ether oxygens (including phenoxy) is 4. The van der Waals surface area contributed by atoms with Crippen LogP contribution in [0.25, 0.3) is 5.69 Å². The van der Waals surface area contributed by atoms with Crippen LogP contribution in [0.2, 0.25) is 0 Å². The van der Waals surface area contributed by atoms with Crippen molar-refractivity contribution in [2.24, 2.45) is 13.0 Å². The number of para-hydroxylation sites is 3. The first-order valence-corrected chi connectivity index (χ1v) is 17.4. The third-order valence-electron chi connectivity index (χ3n) is 8.95. The lowest BCUT2D eigenvalue weighted by molar-refractivity contribution is -0.168. The Morgan fingerprint density at radius 1 is 0.923 bits per heavy atom. The first-order valence-electron chi connectivity index (χ1n) is 17.4. The Morgan fingerprint density at radius 3 is 2.31 bits per heavy atom. The highest BCUT2D eigenvalue weighted by Gasteiger charge is 2.41. The molecule has 0 bridgehead atoms. The molecule has 52 heavy (non-hydrogen) atoms. The van der Waals surface area contributed by atoms with Crippen LogP contribution >= 0.6 is 0 Å². The second-order valence-corrected chi connectivity index (χ2v) is 12.3. The highest BCUT2D eigenvalue weighted by Crippen LogP contribution is 2.39. The standard InChI is InChI=1S/C39H47N5O8/c1-4-51-39-30(18-20-49-22-23-50-21-19-45)31(35-26(2)43(3)44(38(35)48)29-10-6-5-7-11-29)24-34(52-39)37(47)41-25-27-14-16-28(17-15-27)36(46)42-33-13-9-8-12-32(33)40/h5-17,24,30-31,39,45H,4,18-23,25,40H2,1-3H3,(H,41,47)(H,42,46)/t30-,31-,39+/m1/s1. The minimum absolute atomic E-state index is 0.0448. The monoisotopic (exact) mass is 713 g/mol. The van der Waals surface area contributed by atoms with Crippen molar-refractivity contribution < 1.29 is 33.6 Å². The lowest BCUT2D eigenvalue weighted by Gasteiger charge is -2.36. The summed E-state index contributed by atoms with van der Waals surface area (Å²) in [6.07, 6.45) is 1.34. The molecular weight excluding hydrogens is 666 g/mol. The van der Waals surface area contributed by atoms with Gasteiger partial charge in [0.1, 0.15) is 0 Å². The molecule has 3 atom stereocenters. The number of aliphatic hydroxyl groups is 1. The molecule has 0 fully saturated rings. The highest BCUT2D eigenvalue weighted by atomic mass is 16.7. The van der Waals surface area contributed by atoms with Gasteiger partial charge in [-0.05, 0) is 68.3 Å². The predicted molar refractivity (Wildman–Crippen MR) is 197 cm³/mol. The highest BCUT2D eigenvalue weighted by molar-refractivity contribution is 6.05. The quantitative estimate of drug-likeness (QED) is 0.0933. The van der Waals surface area contributed by atoms with Gasteiger partial charge in [0.15, 0.2) is 5.76 Å². The third kappa shape index (κ3) is 9.17.